The number of halogens is 1. The van der Waals surface area contributed by atoms with Crippen LogP contribution in [0.5, 0.6) is 0 Å². The van der Waals surface area contributed by atoms with Crippen LogP contribution in [0.15, 0.2) is 22.7 Å². The van der Waals surface area contributed by atoms with E-state index in [-0.39, 0.29) is 12.4 Å². The molecule has 1 saturated heterocycles. The molecule has 2 unspecified atom stereocenters. The fourth-order valence-corrected chi connectivity index (χ4v) is 3.10. The van der Waals surface area contributed by atoms with E-state index in [0.29, 0.717) is 0 Å². The van der Waals surface area contributed by atoms with Crippen molar-refractivity contribution >= 4 is 15.9 Å². The molecule has 2 atom stereocenters. The molecule has 1 heterocycles. The van der Waals surface area contributed by atoms with Gasteiger partial charge >= 0.3 is 0 Å². The van der Waals surface area contributed by atoms with E-state index in [1.54, 1.807) is 0 Å². The zero-order valence-electron chi connectivity index (χ0n) is 9.82. The van der Waals surface area contributed by atoms with Crippen molar-refractivity contribution in [3.63, 3.8) is 0 Å². The van der Waals surface area contributed by atoms with Gasteiger partial charge in [0.2, 0.25) is 0 Å². The first-order valence-electron chi connectivity index (χ1n) is 6.38. The molecule has 1 aromatic rings. The maximum absolute atomic E-state index is 6.08. The quantitative estimate of drug-likeness (QED) is 0.822. The van der Waals surface area contributed by atoms with Crippen LogP contribution >= 0.6 is 15.9 Å². The first-order chi connectivity index (χ1) is 8.33. The first kappa shape index (κ1) is 11.7. The number of fused-ring (bicyclic) bond motifs is 1. The van der Waals surface area contributed by atoms with Crippen molar-refractivity contribution < 1.29 is 9.47 Å². The molecule has 2 aliphatic rings. The van der Waals surface area contributed by atoms with E-state index in [9.17, 15) is 0 Å². The third-order valence-electron chi connectivity index (χ3n) is 3.58. The van der Waals surface area contributed by atoms with Gasteiger partial charge in [-0.3, -0.25) is 0 Å². The van der Waals surface area contributed by atoms with Crippen LogP contribution in [0.4, 0.5) is 0 Å². The van der Waals surface area contributed by atoms with Gasteiger partial charge in [-0.05, 0) is 55.4 Å². The van der Waals surface area contributed by atoms with E-state index < -0.39 is 0 Å². The maximum Gasteiger partial charge on any atom is 0.158 e. The highest BCUT2D eigenvalue weighted by Crippen LogP contribution is 2.37. The minimum absolute atomic E-state index is 0.0170. The molecule has 1 aromatic carbocycles. The Kier molecular flexibility index (Phi) is 3.50. The average Bonchev–Trinajstić information content (AvgIpc) is 2.73. The van der Waals surface area contributed by atoms with Gasteiger partial charge in [0.05, 0.1) is 6.10 Å². The summed E-state index contributed by atoms with van der Waals surface area (Å²) in [5, 5.41) is 0. The Morgan fingerprint density at radius 1 is 1.24 bits per heavy atom. The van der Waals surface area contributed by atoms with Crippen molar-refractivity contribution in [3.05, 3.63) is 33.8 Å². The van der Waals surface area contributed by atoms with Crippen LogP contribution in [-0.4, -0.2) is 12.9 Å². The normalized spacial score (nSPS) is 28.1. The molecule has 3 rings (SSSR count). The van der Waals surface area contributed by atoms with Crippen LogP contribution < -0.4 is 0 Å². The lowest BCUT2D eigenvalue weighted by Crippen LogP contribution is -2.23. The molecule has 0 aromatic heterocycles. The Labute approximate surface area is 110 Å². The molecule has 92 valence electrons. The highest BCUT2D eigenvalue weighted by Gasteiger charge is 2.27. The number of aryl methyl sites for hydroxylation is 1. The molecule has 17 heavy (non-hydrogen) atoms. The van der Waals surface area contributed by atoms with E-state index in [0.717, 1.165) is 30.3 Å². The molecule has 0 saturated carbocycles. The lowest BCUT2D eigenvalue weighted by molar-refractivity contribution is -0.189. The maximum atomic E-state index is 6.08. The van der Waals surface area contributed by atoms with E-state index in [2.05, 4.69) is 34.1 Å². The van der Waals surface area contributed by atoms with Crippen molar-refractivity contribution in [3.8, 4) is 0 Å². The lowest BCUT2D eigenvalue weighted by atomic mass is 10.1. The van der Waals surface area contributed by atoms with Crippen molar-refractivity contribution in [2.75, 3.05) is 6.61 Å². The summed E-state index contributed by atoms with van der Waals surface area (Å²) in [6.45, 7) is 0.852. The molecule has 0 amide bonds. The Morgan fingerprint density at radius 2 is 2.18 bits per heavy atom. The smallest absolute Gasteiger partial charge is 0.158 e. The van der Waals surface area contributed by atoms with Crippen LogP contribution in [0.2, 0.25) is 0 Å². The fraction of sp³-hybridized carbons (Fsp3) is 0.571. The molecular formula is C14H17BrO2. The predicted molar refractivity (Wildman–Crippen MR) is 69.9 cm³/mol. The minimum atomic E-state index is 0.0170. The summed E-state index contributed by atoms with van der Waals surface area (Å²) >= 11 is 3.52. The highest BCUT2D eigenvalue weighted by atomic mass is 79.9. The largest absolute Gasteiger partial charge is 0.353 e. The molecule has 1 fully saturated rings. The number of hydrogen-bond donors (Lipinski definition) is 0. The van der Waals surface area contributed by atoms with E-state index in [4.69, 9.17) is 9.47 Å². The van der Waals surface area contributed by atoms with Crippen molar-refractivity contribution in [2.24, 2.45) is 0 Å². The van der Waals surface area contributed by atoms with Gasteiger partial charge < -0.3 is 9.47 Å². The van der Waals surface area contributed by atoms with Crippen LogP contribution in [0, 0.1) is 0 Å². The van der Waals surface area contributed by atoms with Gasteiger partial charge in [0.25, 0.3) is 0 Å². The van der Waals surface area contributed by atoms with Gasteiger partial charge in [-0.2, -0.15) is 0 Å². The summed E-state index contributed by atoms with van der Waals surface area (Å²) in [6.07, 6.45) is 5.91. The van der Waals surface area contributed by atoms with Crippen LogP contribution in [0.1, 0.15) is 42.9 Å². The van der Waals surface area contributed by atoms with Gasteiger partial charge in [0, 0.05) is 11.1 Å². The predicted octanol–water partition coefficient (Wildman–Crippen LogP) is 3.98. The summed E-state index contributed by atoms with van der Waals surface area (Å²) in [7, 11) is 0. The third-order valence-corrected chi connectivity index (χ3v) is 4.07. The second-order valence-corrected chi connectivity index (χ2v) is 5.72. The van der Waals surface area contributed by atoms with Crippen LogP contribution in [0.3, 0.4) is 0 Å². The monoisotopic (exact) mass is 296 g/mol. The molecule has 0 bridgehead atoms. The second-order valence-electron chi connectivity index (χ2n) is 4.80. The molecule has 0 spiro atoms. The summed E-state index contributed by atoms with van der Waals surface area (Å²) in [5.74, 6) is 0. The Balaban J connectivity index is 1.70. The standard InChI is InChI=1S/C14H17BrO2/c15-11-5-6-12-10(9-11)4-7-13(12)17-14-3-1-2-8-16-14/h5-6,9,13-14H,1-4,7-8H2. The topological polar surface area (TPSA) is 18.5 Å². The number of ether oxygens (including phenoxy) is 2. The van der Waals surface area contributed by atoms with Gasteiger partial charge in [-0.15, -0.1) is 0 Å². The zero-order valence-corrected chi connectivity index (χ0v) is 11.4. The molecule has 1 aliphatic heterocycles. The Bertz CT molecular complexity index is 399. The number of hydrogen-bond acceptors (Lipinski definition) is 2. The van der Waals surface area contributed by atoms with Gasteiger partial charge in [0.1, 0.15) is 0 Å². The van der Waals surface area contributed by atoms with E-state index in [1.807, 2.05) is 0 Å². The van der Waals surface area contributed by atoms with Gasteiger partial charge in [-0.25, -0.2) is 0 Å². The molecule has 1 aliphatic carbocycles. The third kappa shape index (κ3) is 2.56. The second kappa shape index (κ2) is 5.09. The SMILES string of the molecule is Brc1ccc2c(c1)CCC2OC1CCCCO1. The molecule has 2 nitrogen and oxygen atoms in total. The van der Waals surface area contributed by atoms with Crippen molar-refractivity contribution in [1.82, 2.24) is 0 Å². The van der Waals surface area contributed by atoms with Gasteiger partial charge in [0.15, 0.2) is 6.29 Å². The Morgan fingerprint density at radius 3 is 3.00 bits per heavy atom. The van der Waals surface area contributed by atoms with Crippen LogP contribution in [-0.2, 0) is 15.9 Å². The fourth-order valence-electron chi connectivity index (χ4n) is 2.69. The van der Waals surface area contributed by atoms with Crippen molar-refractivity contribution in [1.29, 1.82) is 0 Å². The summed E-state index contributed by atoms with van der Waals surface area (Å²) in [6, 6.07) is 6.49. The summed E-state index contributed by atoms with van der Waals surface area (Å²) in [4.78, 5) is 0. The minimum Gasteiger partial charge on any atom is -0.353 e. The summed E-state index contributed by atoms with van der Waals surface area (Å²) < 4.78 is 12.9. The highest BCUT2D eigenvalue weighted by molar-refractivity contribution is 9.10. The van der Waals surface area contributed by atoms with E-state index >= 15 is 0 Å². The molecule has 0 radical (unpaired) electrons. The van der Waals surface area contributed by atoms with Crippen LogP contribution in [0.25, 0.3) is 0 Å². The molecule has 3 heteroatoms. The number of rotatable bonds is 2. The Hall–Kier alpha value is -0.380. The zero-order chi connectivity index (χ0) is 11.7. The molecule has 0 N–H and O–H groups in total. The summed E-state index contributed by atoms with van der Waals surface area (Å²) in [5.41, 5.74) is 2.77. The molecular weight excluding hydrogens is 280 g/mol. The lowest BCUT2D eigenvalue weighted by Gasteiger charge is -2.26. The average molecular weight is 297 g/mol. The van der Waals surface area contributed by atoms with E-state index in [1.165, 1.54) is 24.0 Å². The number of benzene rings is 1. The van der Waals surface area contributed by atoms with Gasteiger partial charge in [-0.1, -0.05) is 22.0 Å². The van der Waals surface area contributed by atoms with Crippen molar-refractivity contribution in [2.45, 2.75) is 44.5 Å². The first-order valence-corrected chi connectivity index (χ1v) is 7.17.